The number of aliphatic hydroxyl groups is 1. The average molecular weight is 490 g/mol. The molecule has 6 aliphatic rings. The quantitative estimate of drug-likeness (QED) is 0.549. The molecule has 0 radical (unpaired) electrons. The summed E-state index contributed by atoms with van der Waals surface area (Å²) in [6, 6.07) is 5.60. The van der Waals surface area contributed by atoms with Crippen molar-refractivity contribution in [2.45, 2.75) is 77.6 Å². The molecule has 2 saturated carbocycles. The Morgan fingerprint density at radius 2 is 1.97 bits per heavy atom. The van der Waals surface area contributed by atoms with E-state index in [0.717, 1.165) is 31.2 Å². The van der Waals surface area contributed by atoms with Crippen LogP contribution in [0.4, 0.5) is 0 Å². The van der Waals surface area contributed by atoms with E-state index in [1.165, 1.54) is 5.57 Å². The van der Waals surface area contributed by atoms with Crippen LogP contribution in [-0.2, 0) is 11.2 Å². The van der Waals surface area contributed by atoms with Crippen LogP contribution in [0.5, 0.6) is 5.75 Å². The number of pyridine rings is 1. The molecule has 4 fully saturated rings. The van der Waals surface area contributed by atoms with Gasteiger partial charge in [0.1, 0.15) is 17.1 Å². The Hall–Kier alpha value is -2.44. The molecule has 2 spiro atoms. The van der Waals surface area contributed by atoms with E-state index in [0.29, 0.717) is 48.4 Å². The smallest absolute Gasteiger partial charge is 0.343 e. The molecular formula is C30H35NO5. The summed E-state index contributed by atoms with van der Waals surface area (Å²) in [5, 5.41) is 11.3. The summed E-state index contributed by atoms with van der Waals surface area (Å²) in [6.07, 6.45) is 10.9. The maximum atomic E-state index is 13.2. The maximum absolute atomic E-state index is 13.2. The van der Waals surface area contributed by atoms with Crippen LogP contribution in [0.2, 0.25) is 0 Å². The summed E-state index contributed by atoms with van der Waals surface area (Å²) < 4.78 is 19.0. The summed E-state index contributed by atoms with van der Waals surface area (Å²) in [7, 11) is 0. The molecule has 5 heterocycles. The third-order valence-corrected chi connectivity index (χ3v) is 11.4. The lowest BCUT2D eigenvalue weighted by atomic mass is 9.36. The van der Waals surface area contributed by atoms with E-state index in [2.05, 4.69) is 38.8 Å². The van der Waals surface area contributed by atoms with E-state index in [1.54, 1.807) is 12.4 Å². The zero-order valence-electron chi connectivity index (χ0n) is 21.6. The molecule has 2 saturated heterocycles. The highest BCUT2D eigenvalue weighted by Crippen LogP contribution is 2.74. The Labute approximate surface area is 211 Å². The van der Waals surface area contributed by atoms with Crippen molar-refractivity contribution in [3.05, 3.63) is 58.2 Å². The lowest BCUT2D eigenvalue weighted by Gasteiger charge is -2.72. The number of fused-ring (bicyclic) bond motifs is 5. The molecule has 2 bridgehead atoms. The molecule has 6 nitrogen and oxygen atoms in total. The largest absolute Gasteiger partial charge is 0.481 e. The van der Waals surface area contributed by atoms with Gasteiger partial charge in [0.25, 0.3) is 0 Å². The van der Waals surface area contributed by atoms with Crippen molar-refractivity contribution in [3.8, 4) is 17.1 Å². The summed E-state index contributed by atoms with van der Waals surface area (Å²) in [4.78, 5) is 17.4. The highest BCUT2D eigenvalue weighted by atomic mass is 16.6. The molecule has 3 aliphatic carbocycles. The number of ether oxygens (including phenoxy) is 2. The Morgan fingerprint density at radius 3 is 2.69 bits per heavy atom. The number of allylic oxidation sites excluding steroid dienone is 1. The highest BCUT2D eigenvalue weighted by molar-refractivity contribution is 5.59. The third kappa shape index (κ3) is 2.50. The molecular weight excluding hydrogens is 454 g/mol. The van der Waals surface area contributed by atoms with Crippen molar-refractivity contribution >= 4 is 0 Å². The van der Waals surface area contributed by atoms with E-state index in [9.17, 15) is 9.90 Å². The molecule has 6 heteroatoms. The van der Waals surface area contributed by atoms with Crippen LogP contribution in [0.15, 0.2) is 51.5 Å². The van der Waals surface area contributed by atoms with Gasteiger partial charge in [0.15, 0.2) is 5.79 Å². The van der Waals surface area contributed by atoms with Crippen molar-refractivity contribution in [3.63, 3.8) is 0 Å². The monoisotopic (exact) mass is 489 g/mol. The van der Waals surface area contributed by atoms with Gasteiger partial charge in [-0.15, -0.1) is 0 Å². The summed E-state index contributed by atoms with van der Waals surface area (Å²) in [5.41, 5.74) is 1.22. The van der Waals surface area contributed by atoms with Gasteiger partial charge in [-0.05, 0) is 62.1 Å². The van der Waals surface area contributed by atoms with Crippen LogP contribution in [0, 0.1) is 28.1 Å². The second kappa shape index (κ2) is 6.90. The minimum atomic E-state index is -1.03. The predicted molar refractivity (Wildman–Crippen MR) is 134 cm³/mol. The summed E-state index contributed by atoms with van der Waals surface area (Å²) in [5.74, 6) is 0.825. The van der Waals surface area contributed by atoms with Crippen molar-refractivity contribution < 1.29 is 19.0 Å². The zero-order valence-corrected chi connectivity index (χ0v) is 21.6. The first-order valence-electron chi connectivity index (χ1n) is 13.4. The SMILES string of the molecule is CC1=CC[C@@H]2[C@]34CC[C@](O)(OC3)C(C)(C)C4CC[C@@]2(C)[C@]12Cc1c(cc(-c3cccnc3)oc1=O)O2. The number of hydrogen-bond acceptors (Lipinski definition) is 6. The van der Waals surface area contributed by atoms with Gasteiger partial charge in [0.05, 0.1) is 12.2 Å². The fourth-order valence-electron chi connectivity index (χ4n) is 9.29. The number of rotatable bonds is 1. The first-order valence-corrected chi connectivity index (χ1v) is 13.4. The van der Waals surface area contributed by atoms with Gasteiger partial charge >= 0.3 is 5.63 Å². The Bertz CT molecular complexity index is 1330. The lowest BCUT2D eigenvalue weighted by molar-refractivity contribution is -0.395. The minimum absolute atomic E-state index is 0.00511. The second-order valence-electron chi connectivity index (χ2n) is 12.8. The van der Waals surface area contributed by atoms with E-state index in [-0.39, 0.29) is 21.9 Å². The molecule has 1 N–H and O–H groups in total. The molecule has 3 aliphatic heterocycles. The molecule has 1 unspecified atom stereocenters. The van der Waals surface area contributed by atoms with Gasteiger partial charge in [-0.1, -0.05) is 26.8 Å². The first kappa shape index (κ1) is 22.7. The van der Waals surface area contributed by atoms with Crippen molar-refractivity contribution in [1.82, 2.24) is 4.98 Å². The van der Waals surface area contributed by atoms with Gasteiger partial charge in [0.2, 0.25) is 0 Å². The van der Waals surface area contributed by atoms with E-state index in [4.69, 9.17) is 13.9 Å². The first-order chi connectivity index (χ1) is 17.1. The lowest BCUT2D eigenvalue weighted by Crippen LogP contribution is -2.74. The van der Waals surface area contributed by atoms with Crippen molar-refractivity contribution in [2.24, 2.45) is 28.1 Å². The number of aromatic nitrogens is 1. The Kier molecular flexibility index (Phi) is 4.36. The normalized spacial score (nSPS) is 41.8. The summed E-state index contributed by atoms with van der Waals surface area (Å²) >= 11 is 0. The van der Waals surface area contributed by atoms with Crippen LogP contribution in [0.25, 0.3) is 11.3 Å². The van der Waals surface area contributed by atoms with Gasteiger partial charge < -0.3 is 19.0 Å². The standard InChI is InChI=1S/C30H35NO5/c1-18-7-8-24-27(4,10-9-23-26(2,3)30(33)12-11-28(23,24)17-34-30)29(18)15-20-22(36-29)14-21(35-25(20)32)19-6-5-13-31-16-19/h5-7,13-14,16,23-24,33H,8-12,15,17H2,1-4H3/t23?,24-,27+,28+,29-,30-/m0/s1. The van der Waals surface area contributed by atoms with Crippen LogP contribution >= 0.6 is 0 Å². The predicted octanol–water partition coefficient (Wildman–Crippen LogP) is 5.28. The molecule has 36 heavy (non-hydrogen) atoms. The van der Waals surface area contributed by atoms with Gasteiger partial charge in [-0.3, -0.25) is 4.98 Å². The molecule has 6 atom stereocenters. The summed E-state index contributed by atoms with van der Waals surface area (Å²) in [6.45, 7) is 9.54. The van der Waals surface area contributed by atoms with Gasteiger partial charge in [-0.2, -0.15) is 0 Å². The van der Waals surface area contributed by atoms with E-state index < -0.39 is 11.4 Å². The van der Waals surface area contributed by atoms with Crippen molar-refractivity contribution in [2.75, 3.05) is 6.61 Å². The third-order valence-electron chi connectivity index (χ3n) is 11.4. The molecule has 2 aromatic rings. The number of hydrogen-bond donors (Lipinski definition) is 1. The number of nitrogens with zero attached hydrogens (tertiary/aromatic N) is 1. The van der Waals surface area contributed by atoms with Gasteiger partial charge in [-0.25, -0.2) is 4.79 Å². The van der Waals surface area contributed by atoms with Crippen LogP contribution in [0.1, 0.15) is 65.4 Å². The fourth-order valence-corrected chi connectivity index (χ4v) is 9.29. The van der Waals surface area contributed by atoms with Crippen LogP contribution in [0.3, 0.4) is 0 Å². The van der Waals surface area contributed by atoms with E-state index >= 15 is 0 Å². The molecule has 0 aromatic carbocycles. The average Bonchev–Trinajstić information content (AvgIpc) is 3.26. The maximum Gasteiger partial charge on any atom is 0.343 e. The van der Waals surface area contributed by atoms with Crippen LogP contribution in [-0.4, -0.2) is 28.1 Å². The Balaban J connectivity index is 1.33. The minimum Gasteiger partial charge on any atom is -0.481 e. The molecule has 8 rings (SSSR count). The second-order valence-corrected chi connectivity index (χ2v) is 12.8. The van der Waals surface area contributed by atoms with Gasteiger partial charge in [0, 0.05) is 53.1 Å². The molecule has 2 aromatic heterocycles. The Morgan fingerprint density at radius 1 is 1.14 bits per heavy atom. The highest BCUT2D eigenvalue weighted by Gasteiger charge is 2.74. The van der Waals surface area contributed by atoms with Crippen molar-refractivity contribution in [1.29, 1.82) is 0 Å². The zero-order chi connectivity index (χ0) is 25.1. The van der Waals surface area contributed by atoms with E-state index in [1.807, 2.05) is 18.2 Å². The fraction of sp³-hybridized carbons (Fsp3) is 0.600. The molecule has 0 amide bonds. The topological polar surface area (TPSA) is 81.8 Å². The van der Waals surface area contributed by atoms with Crippen LogP contribution < -0.4 is 10.4 Å². The molecule has 190 valence electrons.